The molecule has 26 heavy (non-hydrogen) atoms. The Bertz CT molecular complexity index is 545. The van der Waals surface area contributed by atoms with Gasteiger partial charge in [-0.25, -0.2) is 0 Å². The van der Waals surface area contributed by atoms with E-state index in [1.807, 2.05) is 32.0 Å². The van der Waals surface area contributed by atoms with Gasteiger partial charge in [0, 0.05) is 26.1 Å². The number of benzene rings is 1. The van der Waals surface area contributed by atoms with Crippen LogP contribution < -0.4 is 14.8 Å². The molecule has 1 saturated heterocycles. The Morgan fingerprint density at radius 2 is 1.88 bits per heavy atom. The van der Waals surface area contributed by atoms with Gasteiger partial charge in [-0.1, -0.05) is 6.07 Å². The van der Waals surface area contributed by atoms with Crippen molar-refractivity contribution in [2.24, 2.45) is 0 Å². The summed E-state index contributed by atoms with van der Waals surface area (Å²) in [6, 6.07) is 5.89. The number of nitrogens with zero attached hydrogens (tertiary/aromatic N) is 1. The summed E-state index contributed by atoms with van der Waals surface area (Å²) in [5.74, 6) is 1.60. The SMILES string of the molecule is CCOc1ccc(CCC(=O)NCCCN2CCOCC2)cc1OCC. The molecule has 146 valence electrons. The molecule has 0 aliphatic carbocycles. The normalized spacial score (nSPS) is 14.8. The molecule has 6 nitrogen and oxygen atoms in total. The van der Waals surface area contributed by atoms with Gasteiger partial charge in [0.2, 0.25) is 5.91 Å². The maximum Gasteiger partial charge on any atom is 0.220 e. The molecule has 0 aromatic heterocycles. The maximum atomic E-state index is 12.0. The van der Waals surface area contributed by atoms with Gasteiger partial charge in [0.05, 0.1) is 26.4 Å². The van der Waals surface area contributed by atoms with Gasteiger partial charge in [-0.2, -0.15) is 0 Å². The predicted octanol–water partition coefficient (Wildman–Crippen LogP) is 2.26. The number of hydrogen-bond acceptors (Lipinski definition) is 5. The van der Waals surface area contributed by atoms with Crippen molar-refractivity contribution in [3.63, 3.8) is 0 Å². The van der Waals surface area contributed by atoms with E-state index in [0.29, 0.717) is 26.1 Å². The van der Waals surface area contributed by atoms with Crippen LogP contribution in [0.25, 0.3) is 0 Å². The molecule has 0 radical (unpaired) electrons. The largest absolute Gasteiger partial charge is 0.490 e. The second kappa shape index (κ2) is 11.8. The lowest BCUT2D eigenvalue weighted by atomic mass is 10.1. The van der Waals surface area contributed by atoms with Crippen molar-refractivity contribution in [2.45, 2.75) is 33.1 Å². The molecule has 0 bridgehead atoms. The van der Waals surface area contributed by atoms with Gasteiger partial charge in [0.25, 0.3) is 0 Å². The minimum atomic E-state index is 0.0961. The zero-order chi connectivity index (χ0) is 18.6. The molecule has 1 aromatic rings. The lowest BCUT2D eigenvalue weighted by molar-refractivity contribution is -0.121. The summed E-state index contributed by atoms with van der Waals surface area (Å²) in [7, 11) is 0. The number of amides is 1. The van der Waals surface area contributed by atoms with E-state index in [9.17, 15) is 4.79 Å². The second-order valence-corrected chi connectivity index (χ2v) is 6.30. The fourth-order valence-electron chi connectivity index (χ4n) is 2.95. The first-order valence-corrected chi connectivity index (χ1v) is 9.68. The highest BCUT2D eigenvalue weighted by atomic mass is 16.5. The van der Waals surface area contributed by atoms with Crippen LogP contribution in [0, 0.1) is 0 Å². The Morgan fingerprint density at radius 3 is 2.62 bits per heavy atom. The minimum Gasteiger partial charge on any atom is -0.490 e. The van der Waals surface area contributed by atoms with E-state index < -0.39 is 0 Å². The Kier molecular flexibility index (Phi) is 9.28. The van der Waals surface area contributed by atoms with E-state index in [1.54, 1.807) is 0 Å². The van der Waals surface area contributed by atoms with Gasteiger partial charge < -0.3 is 19.5 Å². The van der Waals surface area contributed by atoms with Crippen molar-refractivity contribution in [2.75, 3.05) is 52.6 Å². The highest BCUT2D eigenvalue weighted by Gasteiger charge is 2.10. The molecule has 0 atom stereocenters. The van der Waals surface area contributed by atoms with Gasteiger partial charge in [0.15, 0.2) is 11.5 Å². The second-order valence-electron chi connectivity index (χ2n) is 6.30. The number of hydrogen-bond donors (Lipinski definition) is 1. The van der Waals surface area contributed by atoms with Crippen molar-refractivity contribution in [3.05, 3.63) is 23.8 Å². The summed E-state index contributed by atoms with van der Waals surface area (Å²) in [5.41, 5.74) is 1.08. The lowest BCUT2D eigenvalue weighted by Crippen LogP contribution is -2.38. The van der Waals surface area contributed by atoms with E-state index in [-0.39, 0.29) is 5.91 Å². The average Bonchev–Trinajstić information content (AvgIpc) is 2.66. The van der Waals surface area contributed by atoms with Gasteiger partial charge in [-0.15, -0.1) is 0 Å². The molecule has 0 saturated carbocycles. The molecule has 0 unspecified atom stereocenters. The fourth-order valence-corrected chi connectivity index (χ4v) is 2.95. The highest BCUT2D eigenvalue weighted by molar-refractivity contribution is 5.76. The molecule has 1 N–H and O–H groups in total. The van der Waals surface area contributed by atoms with Crippen molar-refractivity contribution in [1.82, 2.24) is 10.2 Å². The first kappa shape index (κ1) is 20.5. The van der Waals surface area contributed by atoms with Crippen LogP contribution in [0.3, 0.4) is 0 Å². The molecule has 6 heteroatoms. The average molecular weight is 364 g/mol. The quantitative estimate of drug-likeness (QED) is 0.610. The third-order valence-corrected chi connectivity index (χ3v) is 4.33. The zero-order valence-electron chi connectivity index (χ0n) is 16.1. The summed E-state index contributed by atoms with van der Waals surface area (Å²) >= 11 is 0. The molecule has 2 rings (SSSR count). The van der Waals surface area contributed by atoms with Crippen LogP contribution in [-0.4, -0.2) is 63.4 Å². The summed E-state index contributed by atoms with van der Waals surface area (Å²) < 4.78 is 16.5. The number of carbonyl (C=O) groups is 1. The molecule has 1 fully saturated rings. The van der Waals surface area contributed by atoms with Gasteiger partial charge in [-0.3, -0.25) is 9.69 Å². The van der Waals surface area contributed by atoms with Crippen LogP contribution in [-0.2, 0) is 16.0 Å². The van der Waals surface area contributed by atoms with E-state index in [1.165, 1.54) is 0 Å². The van der Waals surface area contributed by atoms with Crippen LogP contribution in [0.15, 0.2) is 18.2 Å². The standard InChI is InChI=1S/C20H32N2O4/c1-3-25-18-8-6-17(16-19(18)26-4-2)7-9-20(23)21-10-5-11-22-12-14-24-15-13-22/h6,8,16H,3-5,7,9-15H2,1-2H3,(H,21,23). The van der Waals surface area contributed by atoms with Gasteiger partial charge in [-0.05, 0) is 50.9 Å². The summed E-state index contributed by atoms with van der Waals surface area (Å²) in [4.78, 5) is 14.4. The number of morpholine rings is 1. The maximum absolute atomic E-state index is 12.0. The van der Waals surface area contributed by atoms with Crippen molar-refractivity contribution in [3.8, 4) is 11.5 Å². The molecule has 0 spiro atoms. The van der Waals surface area contributed by atoms with Crippen LogP contribution in [0.5, 0.6) is 11.5 Å². The van der Waals surface area contributed by atoms with Crippen molar-refractivity contribution in [1.29, 1.82) is 0 Å². The first-order chi connectivity index (χ1) is 12.7. The van der Waals surface area contributed by atoms with E-state index in [2.05, 4.69) is 10.2 Å². The van der Waals surface area contributed by atoms with Gasteiger partial charge in [0.1, 0.15) is 0 Å². The molecule has 1 heterocycles. The summed E-state index contributed by atoms with van der Waals surface area (Å²) in [6.07, 6.45) is 2.15. The molecule has 1 aliphatic heterocycles. The van der Waals surface area contributed by atoms with Crippen LogP contribution in [0.1, 0.15) is 32.3 Å². The minimum absolute atomic E-state index is 0.0961. The molecule has 1 amide bonds. The van der Waals surface area contributed by atoms with E-state index >= 15 is 0 Å². The third kappa shape index (κ3) is 7.22. The number of nitrogens with one attached hydrogen (secondary N) is 1. The Morgan fingerprint density at radius 1 is 1.15 bits per heavy atom. The van der Waals surface area contributed by atoms with Crippen molar-refractivity contribution >= 4 is 5.91 Å². The van der Waals surface area contributed by atoms with Crippen LogP contribution in [0.4, 0.5) is 0 Å². The molecular formula is C20H32N2O4. The van der Waals surface area contributed by atoms with Crippen LogP contribution >= 0.6 is 0 Å². The predicted molar refractivity (Wildman–Crippen MR) is 102 cm³/mol. The summed E-state index contributed by atoms with van der Waals surface area (Å²) in [6.45, 7) is 10.5. The number of carbonyl (C=O) groups excluding carboxylic acids is 1. The Labute approximate surface area is 156 Å². The molecular weight excluding hydrogens is 332 g/mol. The van der Waals surface area contributed by atoms with Gasteiger partial charge >= 0.3 is 0 Å². The van der Waals surface area contributed by atoms with E-state index in [0.717, 1.165) is 62.9 Å². The topological polar surface area (TPSA) is 60.0 Å². The number of rotatable bonds is 11. The third-order valence-electron chi connectivity index (χ3n) is 4.33. The molecule has 1 aromatic carbocycles. The smallest absolute Gasteiger partial charge is 0.220 e. The van der Waals surface area contributed by atoms with Crippen molar-refractivity contribution < 1.29 is 19.0 Å². The Balaban J connectivity index is 1.68. The number of aryl methyl sites for hydroxylation is 1. The fraction of sp³-hybridized carbons (Fsp3) is 0.650. The Hall–Kier alpha value is -1.79. The highest BCUT2D eigenvalue weighted by Crippen LogP contribution is 2.28. The summed E-state index contributed by atoms with van der Waals surface area (Å²) in [5, 5.41) is 3.01. The molecule has 1 aliphatic rings. The van der Waals surface area contributed by atoms with Crippen LogP contribution in [0.2, 0.25) is 0 Å². The number of ether oxygens (including phenoxy) is 3. The first-order valence-electron chi connectivity index (χ1n) is 9.68. The monoisotopic (exact) mass is 364 g/mol. The van der Waals surface area contributed by atoms with E-state index in [4.69, 9.17) is 14.2 Å². The lowest BCUT2D eigenvalue weighted by Gasteiger charge is -2.26. The zero-order valence-corrected chi connectivity index (χ0v) is 16.1.